The summed E-state index contributed by atoms with van der Waals surface area (Å²) in [6.07, 6.45) is 3.14. The van der Waals surface area contributed by atoms with E-state index in [1.807, 2.05) is 0 Å². The van der Waals surface area contributed by atoms with Crippen LogP contribution in [-0.2, 0) is 5.72 Å². The molecular weight excluding hydrogens is 206 g/mol. The van der Waals surface area contributed by atoms with E-state index in [4.69, 9.17) is 5.73 Å². The lowest BCUT2D eigenvalue weighted by Gasteiger charge is -2.27. The van der Waals surface area contributed by atoms with E-state index in [0.717, 1.165) is 0 Å². The Bertz CT molecular complexity index is 586. The predicted octanol–water partition coefficient (Wildman–Crippen LogP) is 0.377. The van der Waals surface area contributed by atoms with Crippen LogP contribution in [0.25, 0.3) is 11.1 Å². The molecule has 0 aromatic carbocycles. The van der Waals surface area contributed by atoms with Gasteiger partial charge in [-0.25, -0.2) is 0 Å². The van der Waals surface area contributed by atoms with Gasteiger partial charge in [0.1, 0.15) is 5.69 Å². The molecule has 0 amide bonds. The molecule has 1 atom stereocenters. The van der Waals surface area contributed by atoms with E-state index in [9.17, 15) is 9.90 Å². The molecule has 0 aliphatic heterocycles. The monoisotopic (exact) mass is 215 g/mol. The first-order valence-corrected chi connectivity index (χ1v) is 4.81. The number of aromatic nitrogens is 2. The highest BCUT2D eigenvalue weighted by atomic mass is 16.3. The number of fused-ring (bicyclic) bond motifs is 3. The van der Waals surface area contributed by atoms with Crippen LogP contribution in [0.5, 0.6) is 0 Å². The van der Waals surface area contributed by atoms with Crippen LogP contribution >= 0.6 is 0 Å². The van der Waals surface area contributed by atoms with Gasteiger partial charge in [-0.3, -0.25) is 15.5 Å². The Morgan fingerprint density at radius 3 is 3.00 bits per heavy atom. The van der Waals surface area contributed by atoms with Gasteiger partial charge >= 0.3 is 0 Å². The molecule has 2 heterocycles. The fourth-order valence-corrected chi connectivity index (χ4v) is 2.01. The van der Waals surface area contributed by atoms with Crippen molar-refractivity contribution in [1.82, 2.24) is 9.97 Å². The maximum Gasteiger partial charge on any atom is 0.234 e. The lowest BCUT2D eigenvalue weighted by atomic mass is 9.87. The summed E-state index contributed by atoms with van der Waals surface area (Å²) in [5.41, 5.74) is 5.55. The summed E-state index contributed by atoms with van der Waals surface area (Å²) >= 11 is 0. The molecule has 0 bridgehead atoms. The van der Waals surface area contributed by atoms with E-state index in [-0.39, 0.29) is 5.69 Å². The highest BCUT2D eigenvalue weighted by molar-refractivity contribution is 6.09. The summed E-state index contributed by atoms with van der Waals surface area (Å²) in [5.74, 6) is -0.585. The quantitative estimate of drug-likeness (QED) is 0.554. The van der Waals surface area contributed by atoms with E-state index in [2.05, 4.69) is 9.97 Å². The lowest BCUT2D eigenvalue weighted by Crippen LogP contribution is -2.47. The third-order valence-corrected chi connectivity index (χ3v) is 2.79. The second kappa shape index (κ2) is 2.78. The zero-order valence-electron chi connectivity index (χ0n) is 8.27. The summed E-state index contributed by atoms with van der Waals surface area (Å²) < 4.78 is 0. The molecule has 1 unspecified atom stereocenters. The van der Waals surface area contributed by atoms with Crippen molar-refractivity contribution in [3.63, 3.8) is 0 Å². The van der Waals surface area contributed by atoms with Crippen molar-refractivity contribution < 1.29 is 9.90 Å². The number of H-pyrrole nitrogens is 1. The molecule has 2 aromatic heterocycles. The normalized spacial score (nSPS) is 22.8. The summed E-state index contributed by atoms with van der Waals surface area (Å²) in [4.78, 5) is 18.7. The number of ketones is 1. The number of pyridine rings is 1. The summed E-state index contributed by atoms with van der Waals surface area (Å²) in [6.45, 7) is 0. The Morgan fingerprint density at radius 2 is 2.19 bits per heavy atom. The van der Waals surface area contributed by atoms with E-state index in [0.29, 0.717) is 16.8 Å². The molecule has 2 aromatic rings. The molecular formula is C11H9N3O2. The third-order valence-electron chi connectivity index (χ3n) is 2.79. The molecule has 5 heteroatoms. The highest BCUT2D eigenvalue weighted by Crippen LogP contribution is 2.37. The third kappa shape index (κ3) is 0.959. The maximum absolute atomic E-state index is 11.9. The average Bonchev–Trinajstić information content (AvgIpc) is 2.76. The van der Waals surface area contributed by atoms with Gasteiger partial charge in [-0.1, -0.05) is 6.07 Å². The van der Waals surface area contributed by atoms with Crippen molar-refractivity contribution in [3.8, 4) is 11.1 Å². The summed E-state index contributed by atoms with van der Waals surface area (Å²) in [5, 5.41) is 9.99. The first kappa shape index (κ1) is 9.26. The molecule has 1 aliphatic rings. The second-order valence-corrected chi connectivity index (χ2v) is 3.76. The van der Waals surface area contributed by atoms with Crippen molar-refractivity contribution in [2.75, 3.05) is 0 Å². The fraction of sp³-hybridized carbons (Fsp3) is 0.0909. The number of aromatic amines is 1. The van der Waals surface area contributed by atoms with Crippen LogP contribution < -0.4 is 5.73 Å². The number of hydrogen-bond donors (Lipinski definition) is 3. The molecule has 0 saturated heterocycles. The SMILES string of the molecule is NC1(O)C(=O)c2ncccc2-c2cc[nH]c21. The Balaban J connectivity index is 2.40. The minimum atomic E-state index is -2.01. The molecule has 0 radical (unpaired) electrons. The van der Waals surface area contributed by atoms with Gasteiger partial charge in [0.25, 0.3) is 0 Å². The number of carbonyl (C=O) groups is 1. The first-order valence-electron chi connectivity index (χ1n) is 4.81. The summed E-state index contributed by atoms with van der Waals surface area (Å²) in [7, 11) is 0. The van der Waals surface area contributed by atoms with Crippen LogP contribution in [0.1, 0.15) is 16.2 Å². The second-order valence-electron chi connectivity index (χ2n) is 3.76. The Morgan fingerprint density at radius 1 is 1.38 bits per heavy atom. The van der Waals surface area contributed by atoms with Crippen molar-refractivity contribution in [2.24, 2.45) is 5.73 Å². The van der Waals surface area contributed by atoms with Gasteiger partial charge in [-0.05, 0) is 12.1 Å². The molecule has 3 rings (SSSR count). The van der Waals surface area contributed by atoms with E-state index in [1.165, 1.54) is 6.20 Å². The minimum Gasteiger partial charge on any atom is -0.364 e. The van der Waals surface area contributed by atoms with Gasteiger partial charge in [0.2, 0.25) is 11.5 Å². The Labute approximate surface area is 90.9 Å². The van der Waals surface area contributed by atoms with Crippen LogP contribution in [0.15, 0.2) is 30.6 Å². The van der Waals surface area contributed by atoms with Crippen LogP contribution in [0.4, 0.5) is 0 Å². The van der Waals surface area contributed by atoms with Gasteiger partial charge in [-0.15, -0.1) is 0 Å². The van der Waals surface area contributed by atoms with E-state index >= 15 is 0 Å². The maximum atomic E-state index is 11.9. The van der Waals surface area contributed by atoms with Gasteiger partial charge in [0.15, 0.2) is 0 Å². The molecule has 80 valence electrons. The van der Waals surface area contributed by atoms with Gasteiger partial charge in [0.05, 0.1) is 5.69 Å². The van der Waals surface area contributed by atoms with Crippen LogP contribution in [0.2, 0.25) is 0 Å². The standard InChI is InChI=1S/C11H9N3O2/c12-11(16)9-7(3-5-14-9)6-2-1-4-13-8(6)10(11)15/h1-5,14,16H,12H2. The number of hydrogen-bond acceptors (Lipinski definition) is 4. The lowest BCUT2D eigenvalue weighted by molar-refractivity contribution is 0.0301. The minimum absolute atomic E-state index is 0.208. The number of carbonyl (C=O) groups excluding carboxylic acids is 1. The number of aliphatic hydroxyl groups is 1. The zero-order valence-corrected chi connectivity index (χ0v) is 8.27. The zero-order chi connectivity index (χ0) is 11.3. The van der Waals surface area contributed by atoms with Crippen LogP contribution in [-0.4, -0.2) is 20.9 Å². The Kier molecular flexibility index (Phi) is 1.61. The van der Waals surface area contributed by atoms with Crippen LogP contribution in [0, 0.1) is 0 Å². The highest BCUT2D eigenvalue weighted by Gasteiger charge is 2.43. The fourth-order valence-electron chi connectivity index (χ4n) is 2.01. The van der Waals surface area contributed by atoms with Crippen molar-refractivity contribution in [2.45, 2.75) is 5.72 Å². The molecule has 0 saturated carbocycles. The largest absolute Gasteiger partial charge is 0.364 e. The predicted molar refractivity (Wildman–Crippen MR) is 56.4 cm³/mol. The average molecular weight is 215 g/mol. The molecule has 1 aliphatic carbocycles. The first-order chi connectivity index (χ1) is 7.62. The van der Waals surface area contributed by atoms with Gasteiger partial charge in [0, 0.05) is 23.5 Å². The molecule has 16 heavy (non-hydrogen) atoms. The number of nitrogens with two attached hydrogens (primary N) is 1. The van der Waals surface area contributed by atoms with Crippen molar-refractivity contribution in [1.29, 1.82) is 0 Å². The number of nitrogens with one attached hydrogen (secondary N) is 1. The molecule has 4 N–H and O–H groups in total. The Hall–Kier alpha value is -1.98. The molecule has 5 nitrogen and oxygen atoms in total. The smallest absolute Gasteiger partial charge is 0.234 e. The number of nitrogens with zero attached hydrogens (tertiary/aromatic N) is 1. The number of rotatable bonds is 0. The van der Waals surface area contributed by atoms with Gasteiger partial charge in [-0.2, -0.15) is 0 Å². The van der Waals surface area contributed by atoms with Gasteiger partial charge < -0.3 is 10.1 Å². The summed E-state index contributed by atoms with van der Waals surface area (Å²) in [6, 6.07) is 5.28. The van der Waals surface area contributed by atoms with Crippen molar-refractivity contribution >= 4 is 5.78 Å². The van der Waals surface area contributed by atoms with Crippen molar-refractivity contribution in [3.05, 3.63) is 42.0 Å². The van der Waals surface area contributed by atoms with E-state index < -0.39 is 11.5 Å². The molecule has 0 spiro atoms. The van der Waals surface area contributed by atoms with Crippen LogP contribution in [0.3, 0.4) is 0 Å². The number of Topliss-reactive ketones (excluding diaryl/α,β-unsaturated/α-hetero) is 1. The topological polar surface area (TPSA) is 92.0 Å². The van der Waals surface area contributed by atoms with E-state index in [1.54, 1.807) is 24.4 Å². The molecule has 0 fully saturated rings.